The molecule has 0 bridgehead atoms. The predicted molar refractivity (Wildman–Crippen MR) is 68.8 cm³/mol. The molecule has 3 N–H and O–H groups in total. The van der Waals surface area contributed by atoms with Crippen LogP contribution in [0.2, 0.25) is 0 Å². The molecule has 4 atom stereocenters. The summed E-state index contributed by atoms with van der Waals surface area (Å²) >= 11 is 0. The second kappa shape index (κ2) is 6.23. The van der Waals surface area contributed by atoms with Crippen molar-refractivity contribution in [2.75, 3.05) is 13.2 Å². The summed E-state index contributed by atoms with van der Waals surface area (Å²) in [6, 6.07) is -0.464. The molecule has 1 saturated heterocycles. The molecule has 0 aromatic heterocycles. The Labute approximate surface area is 112 Å². The van der Waals surface area contributed by atoms with Gasteiger partial charge >= 0.3 is 12.0 Å². The van der Waals surface area contributed by atoms with Crippen molar-refractivity contribution in [2.45, 2.75) is 44.7 Å². The number of rotatable bonds is 4. The zero-order chi connectivity index (χ0) is 13.8. The lowest BCUT2D eigenvalue weighted by Crippen LogP contribution is -2.49. The van der Waals surface area contributed by atoms with Crippen LogP contribution in [0.3, 0.4) is 0 Å². The number of carboxylic acid groups (broad SMARTS) is 1. The molecular weight excluding hydrogens is 248 g/mol. The van der Waals surface area contributed by atoms with E-state index in [0.29, 0.717) is 18.9 Å². The maximum atomic E-state index is 11.9. The number of carbonyl (C=O) groups is 2. The first kappa shape index (κ1) is 14.1. The van der Waals surface area contributed by atoms with Gasteiger partial charge in [-0.15, -0.1) is 0 Å². The lowest BCUT2D eigenvalue weighted by atomic mass is 10.0. The maximum Gasteiger partial charge on any atom is 0.315 e. The van der Waals surface area contributed by atoms with Gasteiger partial charge in [0.25, 0.3) is 0 Å². The molecule has 6 nitrogen and oxygen atoms in total. The number of nitrogens with one attached hydrogen (secondary N) is 2. The highest BCUT2D eigenvalue weighted by molar-refractivity contribution is 5.77. The molecule has 108 valence electrons. The minimum absolute atomic E-state index is 0.0483. The van der Waals surface area contributed by atoms with Gasteiger partial charge in [-0.05, 0) is 26.2 Å². The van der Waals surface area contributed by atoms with Crippen molar-refractivity contribution in [1.82, 2.24) is 10.6 Å². The van der Waals surface area contributed by atoms with Gasteiger partial charge in [-0.25, -0.2) is 4.79 Å². The van der Waals surface area contributed by atoms with E-state index in [4.69, 9.17) is 9.84 Å². The summed E-state index contributed by atoms with van der Waals surface area (Å²) in [7, 11) is 0. The van der Waals surface area contributed by atoms with Gasteiger partial charge < -0.3 is 20.5 Å². The minimum Gasteiger partial charge on any atom is -0.481 e. The van der Waals surface area contributed by atoms with Crippen LogP contribution in [-0.4, -0.2) is 42.4 Å². The van der Waals surface area contributed by atoms with E-state index in [2.05, 4.69) is 10.6 Å². The van der Waals surface area contributed by atoms with Crippen molar-refractivity contribution in [2.24, 2.45) is 11.8 Å². The molecule has 2 aliphatic rings. The third-order valence-electron chi connectivity index (χ3n) is 4.18. The smallest absolute Gasteiger partial charge is 0.315 e. The van der Waals surface area contributed by atoms with Crippen LogP contribution < -0.4 is 10.6 Å². The number of carbonyl (C=O) groups excluding carboxylic acids is 1. The van der Waals surface area contributed by atoms with E-state index in [9.17, 15) is 9.59 Å². The molecule has 2 amide bonds. The largest absolute Gasteiger partial charge is 0.481 e. The minimum atomic E-state index is -0.819. The van der Waals surface area contributed by atoms with Crippen LogP contribution in [0.4, 0.5) is 4.79 Å². The number of aliphatic carboxylic acids is 1. The third kappa shape index (κ3) is 3.59. The fourth-order valence-corrected chi connectivity index (χ4v) is 2.91. The Bertz CT molecular complexity index is 342. The number of ether oxygens (including phenoxy) is 1. The lowest BCUT2D eigenvalue weighted by Gasteiger charge is -2.23. The first-order valence-corrected chi connectivity index (χ1v) is 6.95. The Morgan fingerprint density at radius 2 is 2.11 bits per heavy atom. The van der Waals surface area contributed by atoms with Gasteiger partial charge in [-0.1, -0.05) is 6.42 Å². The Balaban J connectivity index is 1.78. The summed E-state index contributed by atoms with van der Waals surface area (Å²) in [6.45, 7) is 3.40. The van der Waals surface area contributed by atoms with Gasteiger partial charge in [0.15, 0.2) is 0 Å². The molecule has 0 radical (unpaired) electrons. The van der Waals surface area contributed by atoms with Crippen LogP contribution in [0.25, 0.3) is 0 Å². The molecule has 6 heteroatoms. The summed E-state index contributed by atoms with van der Waals surface area (Å²) in [5.41, 5.74) is 0. The van der Waals surface area contributed by atoms with E-state index in [1.807, 2.05) is 6.92 Å². The molecule has 2 fully saturated rings. The maximum absolute atomic E-state index is 11.9. The van der Waals surface area contributed by atoms with Crippen molar-refractivity contribution < 1.29 is 19.4 Å². The van der Waals surface area contributed by atoms with Crippen molar-refractivity contribution in [3.63, 3.8) is 0 Å². The average Bonchev–Trinajstić information content (AvgIpc) is 2.98. The average molecular weight is 270 g/mol. The summed E-state index contributed by atoms with van der Waals surface area (Å²) in [5.74, 6) is -0.916. The molecule has 0 aromatic rings. The van der Waals surface area contributed by atoms with Crippen LogP contribution in [0.15, 0.2) is 0 Å². The van der Waals surface area contributed by atoms with Gasteiger partial charge in [0.1, 0.15) is 0 Å². The Hall–Kier alpha value is -1.30. The SMILES string of the molecule is CC(NC(=O)NC1CCCC1C(=O)O)C1CCOC1. The number of amides is 2. The highest BCUT2D eigenvalue weighted by Gasteiger charge is 2.34. The van der Waals surface area contributed by atoms with Crippen LogP contribution in [0, 0.1) is 11.8 Å². The van der Waals surface area contributed by atoms with Gasteiger partial charge in [0.2, 0.25) is 0 Å². The number of urea groups is 1. The first-order chi connectivity index (χ1) is 9.08. The summed E-state index contributed by atoms with van der Waals surface area (Å²) in [4.78, 5) is 22.9. The molecule has 4 unspecified atom stereocenters. The molecule has 2 rings (SSSR count). The number of carboxylic acids is 1. The molecule has 1 heterocycles. The molecular formula is C13H22N2O4. The van der Waals surface area contributed by atoms with Gasteiger partial charge in [0.05, 0.1) is 12.5 Å². The number of hydrogen-bond donors (Lipinski definition) is 3. The monoisotopic (exact) mass is 270 g/mol. The Kier molecular flexibility index (Phi) is 4.63. The van der Waals surface area contributed by atoms with Crippen LogP contribution in [0.1, 0.15) is 32.6 Å². The second-order valence-corrected chi connectivity index (χ2v) is 5.51. The van der Waals surface area contributed by atoms with E-state index >= 15 is 0 Å². The van der Waals surface area contributed by atoms with Crippen LogP contribution in [0.5, 0.6) is 0 Å². The molecule has 1 aliphatic heterocycles. The normalized spacial score (nSPS) is 31.9. The second-order valence-electron chi connectivity index (χ2n) is 5.51. The van der Waals surface area contributed by atoms with Gasteiger partial charge in [0, 0.05) is 24.6 Å². The Morgan fingerprint density at radius 1 is 1.32 bits per heavy atom. The summed E-state index contributed by atoms with van der Waals surface area (Å²) < 4.78 is 5.29. The summed E-state index contributed by atoms with van der Waals surface area (Å²) in [5, 5.41) is 14.7. The topological polar surface area (TPSA) is 87.7 Å². The van der Waals surface area contributed by atoms with Gasteiger partial charge in [-0.3, -0.25) is 4.79 Å². The fraction of sp³-hybridized carbons (Fsp3) is 0.846. The quantitative estimate of drug-likeness (QED) is 0.710. The van der Waals surface area contributed by atoms with Crippen molar-refractivity contribution >= 4 is 12.0 Å². The van der Waals surface area contributed by atoms with Crippen LogP contribution in [-0.2, 0) is 9.53 Å². The zero-order valence-electron chi connectivity index (χ0n) is 11.2. The van der Waals surface area contributed by atoms with E-state index in [-0.39, 0.29) is 18.1 Å². The van der Waals surface area contributed by atoms with Crippen molar-refractivity contribution in [3.05, 3.63) is 0 Å². The molecule has 1 aliphatic carbocycles. The molecule has 0 spiro atoms. The zero-order valence-corrected chi connectivity index (χ0v) is 11.2. The lowest BCUT2D eigenvalue weighted by molar-refractivity contribution is -0.142. The first-order valence-electron chi connectivity index (χ1n) is 6.95. The Morgan fingerprint density at radius 3 is 2.74 bits per heavy atom. The third-order valence-corrected chi connectivity index (χ3v) is 4.18. The van der Waals surface area contributed by atoms with E-state index in [1.54, 1.807) is 0 Å². The highest BCUT2D eigenvalue weighted by atomic mass is 16.5. The van der Waals surface area contributed by atoms with Crippen molar-refractivity contribution in [1.29, 1.82) is 0 Å². The standard InChI is InChI=1S/C13H22N2O4/c1-8(9-5-6-19-7-9)14-13(18)15-11-4-2-3-10(11)12(16)17/h8-11H,2-7H2,1H3,(H,16,17)(H2,14,15,18). The predicted octanol–water partition coefficient (Wildman–Crippen LogP) is 0.964. The fourth-order valence-electron chi connectivity index (χ4n) is 2.91. The molecule has 1 saturated carbocycles. The highest BCUT2D eigenvalue weighted by Crippen LogP contribution is 2.25. The molecule has 0 aromatic carbocycles. The van der Waals surface area contributed by atoms with Crippen LogP contribution >= 0.6 is 0 Å². The van der Waals surface area contributed by atoms with E-state index < -0.39 is 11.9 Å². The van der Waals surface area contributed by atoms with E-state index in [0.717, 1.165) is 25.9 Å². The van der Waals surface area contributed by atoms with E-state index in [1.165, 1.54) is 0 Å². The summed E-state index contributed by atoms with van der Waals surface area (Å²) in [6.07, 6.45) is 3.20. The van der Waals surface area contributed by atoms with Crippen molar-refractivity contribution in [3.8, 4) is 0 Å². The number of hydrogen-bond acceptors (Lipinski definition) is 3. The molecule has 19 heavy (non-hydrogen) atoms. The van der Waals surface area contributed by atoms with Gasteiger partial charge in [-0.2, -0.15) is 0 Å².